The van der Waals surface area contributed by atoms with Gasteiger partial charge in [-0.25, -0.2) is 14.8 Å². The zero-order valence-electron chi connectivity index (χ0n) is 13.0. The van der Waals surface area contributed by atoms with Crippen molar-refractivity contribution in [2.45, 2.75) is 39.2 Å². The van der Waals surface area contributed by atoms with E-state index < -0.39 is 6.09 Å². The number of hydrogen-bond acceptors (Lipinski definition) is 5. The fraction of sp³-hybridized carbons (Fsp3) is 0.600. The number of nitrogens with one attached hydrogen (secondary N) is 1. The Hall–Kier alpha value is -2.18. The van der Waals surface area contributed by atoms with E-state index in [1.54, 1.807) is 18.0 Å². The Bertz CT molecular complexity index is 535. The van der Waals surface area contributed by atoms with E-state index in [4.69, 9.17) is 4.74 Å². The number of aromatic nitrogens is 2. The van der Waals surface area contributed by atoms with Crippen LogP contribution in [0.15, 0.2) is 12.5 Å². The fourth-order valence-electron chi connectivity index (χ4n) is 2.60. The quantitative estimate of drug-likeness (QED) is 0.908. The molecule has 22 heavy (non-hydrogen) atoms. The summed E-state index contributed by atoms with van der Waals surface area (Å²) in [6.07, 6.45) is 4.96. The number of carbonyl (C=O) groups excluding carboxylic acids is 2. The SMILES string of the molecule is CCOC(=O)N[C@@H]1CCCN(C(=O)c2cncnc2CC)C1. The van der Waals surface area contributed by atoms with Crippen LogP contribution >= 0.6 is 0 Å². The smallest absolute Gasteiger partial charge is 0.407 e. The molecule has 0 aromatic carbocycles. The fourth-order valence-corrected chi connectivity index (χ4v) is 2.60. The van der Waals surface area contributed by atoms with Gasteiger partial charge in [-0.15, -0.1) is 0 Å². The maximum Gasteiger partial charge on any atom is 0.407 e. The topological polar surface area (TPSA) is 84.4 Å². The molecule has 7 nitrogen and oxygen atoms in total. The number of amides is 2. The van der Waals surface area contributed by atoms with Crippen LogP contribution in [-0.2, 0) is 11.2 Å². The van der Waals surface area contributed by atoms with Crippen LogP contribution in [-0.4, -0.2) is 52.6 Å². The molecular formula is C15H22N4O3. The van der Waals surface area contributed by atoms with Gasteiger partial charge in [-0.2, -0.15) is 0 Å². The largest absolute Gasteiger partial charge is 0.450 e. The number of alkyl carbamates (subject to hydrolysis) is 1. The summed E-state index contributed by atoms with van der Waals surface area (Å²) in [5.41, 5.74) is 1.29. The Morgan fingerprint density at radius 3 is 3.00 bits per heavy atom. The molecule has 0 spiro atoms. The summed E-state index contributed by atoms with van der Waals surface area (Å²) in [4.78, 5) is 34.0. The second kappa shape index (κ2) is 7.72. The Kier molecular flexibility index (Phi) is 5.68. The summed E-state index contributed by atoms with van der Waals surface area (Å²) in [6.45, 7) is 5.22. The molecule has 1 saturated heterocycles. The molecule has 1 N–H and O–H groups in total. The van der Waals surface area contributed by atoms with Gasteiger partial charge in [0.15, 0.2) is 0 Å². The molecule has 2 rings (SSSR count). The molecule has 1 fully saturated rings. The van der Waals surface area contributed by atoms with Crippen LogP contribution in [0.1, 0.15) is 42.7 Å². The van der Waals surface area contributed by atoms with Crippen molar-refractivity contribution in [3.63, 3.8) is 0 Å². The Morgan fingerprint density at radius 2 is 2.27 bits per heavy atom. The highest BCUT2D eigenvalue weighted by molar-refractivity contribution is 5.95. The van der Waals surface area contributed by atoms with Crippen LogP contribution in [0, 0.1) is 0 Å². The molecule has 1 aromatic rings. The first kappa shape index (κ1) is 16.2. The van der Waals surface area contributed by atoms with Gasteiger partial charge in [-0.1, -0.05) is 6.92 Å². The summed E-state index contributed by atoms with van der Waals surface area (Å²) in [5, 5.41) is 2.80. The van der Waals surface area contributed by atoms with Gasteiger partial charge >= 0.3 is 6.09 Å². The van der Waals surface area contributed by atoms with E-state index >= 15 is 0 Å². The monoisotopic (exact) mass is 306 g/mol. The normalized spacial score (nSPS) is 17.9. The van der Waals surface area contributed by atoms with Crippen molar-refractivity contribution in [2.24, 2.45) is 0 Å². The highest BCUT2D eigenvalue weighted by atomic mass is 16.5. The van der Waals surface area contributed by atoms with Crippen molar-refractivity contribution in [1.29, 1.82) is 0 Å². The summed E-state index contributed by atoms with van der Waals surface area (Å²) >= 11 is 0. The number of carbonyl (C=O) groups is 2. The number of piperidine rings is 1. The number of aryl methyl sites for hydroxylation is 1. The minimum atomic E-state index is -0.431. The molecule has 0 saturated carbocycles. The standard InChI is InChI=1S/C15H22N4O3/c1-3-13-12(8-16-10-17-13)14(20)19-7-5-6-11(9-19)18-15(21)22-4-2/h8,10-11H,3-7,9H2,1-2H3,(H,18,21)/t11-/m1/s1. The number of ether oxygens (including phenoxy) is 1. The van der Waals surface area contributed by atoms with Gasteiger partial charge in [0.1, 0.15) is 6.33 Å². The van der Waals surface area contributed by atoms with Crippen LogP contribution in [0.3, 0.4) is 0 Å². The molecule has 2 heterocycles. The summed E-state index contributed by atoms with van der Waals surface area (Å²) in [5.74, 6) is -0.0761. The molecule has 1 atom stereocenters. The van der Waals surface area contributed by atoms with E-state index in [1.165, 1.54) is 6.33 Å². The van der Waals surface area contributed by atoms with Crippen molar-refractivity contribution < 1.29 is 14.3 Å². The molecule has 0 unspecified atom stereocenters. The van der Waals surface area contributed by atoms with Crippen LogP contribution in [0.5, 0.6) is 0 Å². The maximum absolute atomic E-state index is 12.6. The number of likely N-dealkylation sites (tertiary alicyclic amines) is 1. The van der Waals surface area contributed by atoms with Crippen molar-refractivity contribution in [1.82, 2.24) is 20.2 Å². The predicted octanol–water partition coefficient (Wildman–Crippen LogP) is 1.39. The molecular weight excluding hydrogens is 284 g/mol. The summed E-state index contributed by atoms with van der Waals surface area (Å²) < 4.78 is 4.89. The number of nitrogens with zero attached hydrogens (tertiary/aromatic N) is 3. The minimum absolute atomic E-state index is 0.0761. The number of hydrogen-bond donors (Lipinski definition) is 1. The van der Waals surface area contributed by atoms with Crippen molar-refractivity contribution in [2.75, 3.05) is 19.7 Å². The van der Waals surface area contributed by atoms with Crippen LogP contribution < -0.4 is 5.32 Å². The Balaban J connectivity index is 2.02. The van der Waals surface area contributed by atoms with E-state index in [1.807, 2.05) is 6.92 Å². The van der Waals surface area contributed by atoms with Crippen molar-refractivity contribution in [3.05, 3.63) is 23.8 Å². The molecule has 1 aliphatic rings. The third kappa shape index (κ3) is 3.93. The van der Waals surface area contributed by atoms with Gasteiger partial charge in [0.25, 0.3) is 5.91 Å². The minimum Gasteiger partial charge on any atom is -0.450 e. The third-order valence-electron chi connectivity index (χ3n) is 3.67. The van der Waals surface area contributed by atoms with Gasteiger partial charge in [0, 0.05) is 25.3 Å². The summed E-state index contributed by atoms with van der Waals surface area (Å²) in [6, 6.07) is -0.0774. The van der Waals surface area contributed by atoms with E-state index in [-0.39, 0.29) is 11.9 Å². The van der Waals surface area contributed by atoms with Crippen LogP contribution in [0.2, 0.25) is 0 Å². The second-order valence-electron chi connectivity index (χ2n) is 5.19. The molecule has 0 radical (unpaired) electrons. The van der Waals surface area contributed by atoms with E-state index in [0.29, 0.717) is 31.7 Å². The maximum atomic E-state index is 12.6. The van der Waals surface area contributed by atoms with E-state index in [0.717, 1.165) is 18.5 Å². The third-order valence-corrected chi connectivity index (χ3v) is 3.67. The Labute approximate surface area is 130 Å². The Morgan fingerprint density at radius 1 is 1.45 bits per heavy atom. The summed E-state index contributed by atoms with van der Waals surface area (Å²) in [7, 11) is 0. The molecule has 120 valence electrons. The predicted molar refractivity (Wildman–Crippen MR) is 80.5 cm³/mol. The lowest BCUT2D eigenvalue weighted by Crippen LogP contribution is -2.49. The van der Waals surface area contributed by atoms with Crippen LogP contribution in [0.25, 0.3) is 0 Å². The highest BCUT2D eigenvalue weighted by Gasteiger charge is 2.27. The van der Waals surface area contributed by atoms with E-state index in [9.17, 15) is 9.59 Å². The first-order chi connectivity index (χ1) is 10.7. The second-order valence-corrected chi connectivity index (χ2v) is 5.19. The van der Waals surface area contributed by atoms with Gasteiger partial charge in [0.2, 0.25) is 0 Å². The molecule has 0 aliphatic carbocycles. The zero-order valence-corrected chi connectivity index (χ0v) is 13.0. The molecule has 1 aromatic heterocycles. The lowest BCUT2D eigenvalue weighted by molar-refractivity contribution is 0.0684. The molecule has 2 amide bonds. The van der Waals surface area contributed by atoms with Crippen molar-refractivity contribution in [3.8, 4) is 0 Å². The van der Waals surface area contributed by atoms with Gasteiger partial charge in [-0.3, -0.25) is 4.79 Å². The van der Waals surface area contributed by atoms with Crippen LogP contribution in [0.4, 0.5) is 4.79 Å². The molecule has 1 aliphatic heterocycles. The lowest BCUT2D eigenvalue weighted by atomic mass is 10.0. The number of rotatable bonds is 4. The first-order valence-corrected chi connectivity index (χ1v) is 7.67. The van der Waals surface area contributed by atoms with Gasteiger partial charge in [-0.05, 0) is 26.2 Å². The van der Waals surface area contributed by atoms with Crippen molar-refractivity contribution >= 4 is 12.0 Å². The van der Waals surface area contributed by atoms with E-state index in [2.05, 4.69) is 15.3 Å². The van der Waals surface area contributed by atoms with Gasteiger partial charge in [0.05, 0.1) is 17.9 Å². The van der Waals surface area contributed by atoms with Gasteiger partial charge < -0.3 is 15.0 Å². The molecule has 7 heteroatoms. The molecule has 0 bridgehead atoms. The first-order valence-electron chi connectivity index (χ1n) is 7.67. The average Bonchev–Trinajstić information content (AvgIpc) is 2.54. The zero-order chi connectivity index (χ0) is 15.9. The lowest BCUT2D eigenvalue weighted by Gasteiger charge is -2.33. The highest BCUT2D eigenvalue weighted by Crippen LogP contribution is 2.15. The average molecular weight is 306 g/mol.